The van der Waals surface area contributed by atoms with Crippen LogP contribution in [0.3, 0.4) is 0 Å². The van der Waals surface area contributed by atoms with Gasteiger partial charge in [0.1, 0.15) is 11.2 Å². The number of nitrogens with zero attached hydrogens (tertiary/aromatic N) is 5. The van der Waals surface area contributed by atoms with E-state index in [-0.39, 0.29) is 5.91 Å². The largest absolute Gasteiger partial charge is 0.379 e. The minimum absolute atomic E-state index is 0.0819. The van der Waals surface area contributed by atoms with E-state index in [0.717, 1.165) is 49.5 Å². The van der Waals surface area contributed by atoms with Crippen molar-refractivity contribution < 1.29 is 9.53 Å². The number of aromatic nitrogens is 3. The number of rotatable bonds is 7. The van der Waals surface area contributed by atoms with Gasteiger partial charge in [0.2, 0.25) is 0 Å². The molecule has 0 saturated carbocycles. The number of amides is 1. The Morgan fingerprint density at radius 3 is 2.90 bits per heavy atom. The Bertz CT molecular complexity index is 982. The first-order chi connectivity index (χ1) is 14.2. The second-order valence-corrected chi connectivity index (χ2v) is 8.30. The molecule has 2 aromatic heterocycles. The Kier molecular flexibility index (Phi) is 6.44. The number of hydrogen-bond donors (Lipinski definition) is 0. The van der Waals surface area contributed by atoms with E-state index >= 15 is 0 Å². The van der Waals surface area contributed by atoms with Gasteiger partial charge in [-0.2, -0.15) is 5.10 Å². The highest BCUT2D eigenvalue weighted by atomic mass is 35.5. The molecular formula is C20H24ClN5O2S. The lowest BCUT2D eigenvalue weighted by atomic mass is 10.3. The molecule has 1 aromatic carbocycles. The summed E-state index contributed by atoms with van der Waals surface area (Å²) >= 11 is 7.81. The molecule has 9 heteroatoms. The van der Waals surface area contributed by atoms with Crippen LogP contribution in [0.1, 0.15) is 23.8 Å². The average Bonchev–Trinajstić information content (AvgIpc) is 3.39. The standard InChI is InChI=1S/C20H24ClN5O2S/c1-2-26-16(7-8-22-26)19(27)25(10-4-9-24-11-13-28-14-12-24)20-23-18-15(21)5-3-6-17(18)29-20/h3,5-8H,2,4,9-14H2,1H3. The highest BCUT2D eigenvalue weighted by Gasteiger charge is 2.24. The first kappa shape index (κ1) is 20.3. The third-order valence-electron chi connectivity index (χ3n) is 5.03. The lowest BCUT2D eigenvalue weighted by Crippen LogP contribution is -2.39. The molecule has 1 amide bonds. The summed E-state index contributed by atoms with van der Waals surface area (Å²) < 4.78 is 8.11. The molecule has 0 aliphatic carbocycles. The second-order valence-electron chi connectivity index (χ2n) is 6.88. The van der Waals surface area contributed by atoms with Gasteiger partial charge >= 0.3 is 0 Å². The predicted molar refractivity (Wildman–Crippen MR) is 116 cm³/mol. The predicted octanol–water partition coefficient (Wildman–Crippen LogP) is 3.54. The highest BCUT2D eigenvalue weighted by Crippen LogP contribution is 2.33. The summed E-state index contributed by atoms with van der Waals surface area (Å²) in [7, 11) is 0. The summed E-state index contributed by atoms with van der Waals surface area (Å²) in [6, 6.07) is 7.48. The van der Waals surface area contributed by atoms with E-state index in [0.29, 0.717) is 28.9 Å². The van der Waals surface area contributed by atoms with Crippen LogP contribution in [0.2, 0.25) is 5.02 Å². The van der Waals surface area contributed by atoms with Gasteiger partial charge in [-0.15, -0.1) is 0 Å². The van der Waals surface area contributed by atoms with Gasteiger partial charge in [-0.05, 0) is 31.5 Å². The van der Waals surface area contributed by atoms with Gasteiger partial charge in [0, 0.05) is 38.9 Å². The molecule has 1 fully saturated rings. The number of benzene rings is 1. The number of morpholine rings is 1. The van der Waals surface area contributed by atoms with Crippen LogP contribution in [0.15, 0.2) is 30.5 Å². The fourth-order valence-corrected chi connectivity index (χ4v) is 4.77. The second kappa shape index (κ2) is 9.21. The minimum atomic E-state index is -0.0819. The van der Waals surface area contributed by atoms with Gasteiger partial charge in [-0.25, -0.2) is 4.98 Å². The quantitative estimate of drug-likeness (QED) is 0.570. The van der Waals surface area contributed by atoms with Gasteiger partial charge in [0.05, 0.1) is 22.9 Å². The van der Waals surface area contributed by atoms with Gasteiger partial charge in [0.25, 0.3) is 5.91 Å². The zero-order valence-corrected chi connectivity index (χ0v) is 18.0. The average molecular weight is 434 g/mol. The van der Waals surface area contributed by atoms with Crippen LogP contribution in [-0.2, 0) is 11.3 Å². The number of carbonyl (C=O) groups excluding carboxylic acids is 1. The number of halogens is 1. The van der Waals surface area contributed by atoms with E-state index in [1.807, 2.05) is 25.1 Å². The zero-order valence-electron chi connectivity index (χ0n) is 16.4. The van der Waals surface area contributed by atoms with Crippen molar-refractivity contribution in [3.8, 4) is 0 Å². The molecule has 0 spiro atoms. The van der Waals surface area contributed by atoms with Crippen LogP contribution in [0.4, 0.5) is 5.13 Å². The Morgan fingerprint density at radius 2 is 2.14 bits per heavy atom. The summed E-state index contributed by atoms with van der Waals surface area (Å²) in [6.07, 6.45) is 2.52. The Hall–Kier alpha value is -2.00. The monoisotopic (exact) mass is 433 g/mol. The van der Waals surface area contributed by atoms with E-state index < -0.39 is 0 Å². The van der Waals surface area contributed by atoms with Gasteiger partial charge in [0.15, 0.2) is 5.13 Å². The van der Waals surface area contributed by atoms with E-state index in [1.54, 1.807) is 21.8 Å². The van der Waals surface area contributed by atoms with E-state index in [9.17, 15) is 4.79 Å². The van der Waals surface area contributed by atoms with Gasteiger partial charge in [-0.3, -0.25) is 19.3 Å². The molecule has 3 aromatic rings. The maximum absolute atomic E-state index is 13.4. The number of anilines is 1. The molecule has 154 valence electrons. The number of para-hydroxylation sites is 1. The van der Waals surface area contributed by atoms with Gasteiger partial charge < -0.3 is 4.74 Å². The van der Waals surface area contributed by atoms with Gasteiger partial charge in [-0.1, -0.05) is 29.0 Å². The minimum Gasteiger partial charge on any atom is -0.379 e. The first-order valence-corrected chi connectivity index (χ1v) is 11.1. The summed E-state index contributed by atoms with van der Waals surface area (Å²) in [5, 5.41) is 5.52. The van der Waals surface area contributed by atoms with Crippen molar-refractivity contribution >= 4 is 44.2 Å². The number of aryl methyl sites for hydroxylation is 1. The number of carbonyl (C=O) groups is 1. The van der Waals surface area contributed by atoms with E-state index in [1.165, 1.54) is 11.3 Å². The van der Waals surface area contributed by atoms with Crippen LogP contribution < -0.4 is 4.90 Å². The lowest BCUT2D eigenvalue weighted by molar-refractivity contribution is 0.0376. The fourth-order valence-electron chi connectivity index (χ4n) is 3.48. The molecule has 0 unspecified atom stereocenters. The van der Waals surface area contributed by atoms with Crippen LogP contribution >= 0.6 is 22.9 Å². The summed E-state index contributed by atoms with van der Waals surface area (Å²) in [6.45, 7) is 7.55. The van der Waals surface area contributed by atoms with E-state index in [2.05, 4.69) is 10.00 Å². The molecule has 7 nitrogen and oxygen atoms in total. The lowest BCUT2D eigenvalue weighted by Gasteiger charge is -2.27. The Labute approximate surface area is 178 Å². The molecule has 4 rings (SSSR count). The first-order valence-electron chi connectivity index (χ1n) is 9.86. The van der Waals surface area contributed by atoms with Crippen molar-refractivity contribution in [1.82, 2.24) is 19.7 Å². The third-order valence-corrected chi connectivity index (χ3v) is 6.38. The summed E-state index contributed by atoms with van der Waals surface area (Å²) in [5.41, 5.74) is 1.31. The maximum atomic E-state index is 13.4. The topological polar surface area (TPSA) is 63.5 Å². The van der Waals surface area contributed by atoms with Crippen LogP contribution in [0, 0.1) is 0 Å². The number of hydrogen-bond acceptors (Lipinski definition) is 6. The van der Waals surface area contributed by atoms with Crippen LogP contribution in [0.5, 0.6) is 0 Å². The van der Waals surface area contributed by atoms with Crippen molar-refractivity contribution in [2.24, 2.45) is 0 Å². The number of ether oxygens (including phenoxy) is 1. The van der Waals surface area contributed by atoms with Crippen molar-refractivity contribution in [2.45, 2.75) is 19.9 Å². The number of fused-ring (bicyclic) bond motifs is 1. The number of thiazole rings is 1. The highest BCUT2D eigenvalue weighted by molar-refractivity contribution is 7.22. The fraction of sp³-hybridized carbons (Fsp3) is 0.450. The smallest absolute Gasteiger partial charge is 0.278 e. The molecule has 1 aliphatic heterocycles. The molecule has 3 heterocycles. The molecule has 29 heavy (non-hydrogen) atoms. The molecule has 1 saturated heterocycles. The van der Waals surface area contributed by atoms with Crippen molar-refractivity contribution in [3.05, 3.63) is 41.2 Å². The molecule has 0 atom stereocenters. The molecule has 1 aliphatic rings. The normalized spacial score (nSPS) is 15.1. The summed E-state index contributed by atoms with van der Waals surface area (Å²) in [4.78, 5) is 22.2. The van der Waals surface area contributed by atoms with Crippen molar-refractivity contribution in [3.63, 3.8) is 0 Å². The maximum Gasteiger partial charge on any atom is 0.278 e. The summed E-state index contributed by atoms with van der Waals surface area (Å²) in [5.74, 6) is -0.0819. The Balaban J connectivity index is 1.58. The third kappa shape index (κ3) is 4.45. The molecule has 0 radical (unpaired) electrons. The van der Waals surface area contributed by atoms with Crippen LogP contribution in [-0.4, -0.2) is 65.0 Å². The van der Waals surface area contributed by atoms with Crippen molar-refractivity contribution in [1.29, 1.82) is 0 Å². The molecular weight excluding hydrogens is 410 g/mol. The van der Waals surface area contributed by atoms with Crippen LogP contribution in [0.25, 0.3) is 10.2 Å². The SMILES string of the molecule is CCn1nccc1C(=O)N(CCCN1CCOCC1)c1nc2c(Cl)cccc2s1. The Morgan fingerprint density at radius 1 is 1.31 bits per heavy atom. The molecule has 0 bridgehead atoms. The molecule has 0 N–H and O–H groups in total. The van der Waals surface area contributed by atoms with E-state index in [4.69, 9.17) is 21.3 Å². The van der Waals surface area contributed by atoms with Crippen molar-refractivity contribution in [2.75, 3.05) is 44.3 Å². The zero-order chi connectivity index (χ0) is 20.2.